The van der Waals surface area contributed by atoms with Gasteiger partial charge in [-0.2, -0.15) is 5.10 Å². The van der Waals surface area contributed by atoms with E-state index >= 15 is 0 Å². The van der Waals surface area contributed by atoms with Gasteiger partial charge in [0.05, 0.1) is 24.0 Å². The average Bonchev–Trinajstić information content (AvgIpc) is 3.44. The fourth-order valence-electron chi connectivity index (χ4n) is 4.18. The van der Waals surface area contributed by atoms with E-state index in [0.29, 0.717) is 28.3 Å². The van der Waals surface area contributed by atoms with Crippen LogP contribution < -0.4 is 0 Å². The van der Waals surface area contributed by atoms with Crippen molar-refractivity contribution in [1.29, 1.82) is 0 Å². The molecule has 6 rings (SSSR count). The lowest BCUT2D eigenvalue weighted by atomic mass is 10.1. The Labute approximate surface area is 199 Å². The third-order valence-electron chi connectivity index (χ3n) is 5.82. The molecule has 35 heavy (non-hydrogen) atoms. The van der Waals surface area contributed by atoms with Gasteiger partial charge in [-0.05, 0) is 67.6 Å². The van der Waals surface area contributed by atoms with Crippen LogP contribution in [0.25, 0.3) is 33.9 Å². The number of carbonyl (C=O) groups excluding carboxylic acids is 1. The maximum atomic E-state index is 13.6. The van der Waals surface area contributed by atoms with Crippen LogP contribution in [-0.2, 0) is 6.42 Å². The number of ketones is 1. The highest BCUT2D eigenvalue weighted by molar-refractivity contribution is 5.97. The second-order valence-corrected chi connectivity index (χ2v) is 8.28. The lowest BCUT2D eigenvalue weighted by Gasteiger charge is -2.05. The number of halogens is 1. The molecule has 170 valence electrons. The number of aryl methyl sites for hydroxylation is 1. The SMILES string of the molecule is Cc1cc(C(=O)Cc2cn3nc(-c4c(-c5ccc(F)cc5)nc5ccccn45)ccc3n2)ccn1. The number of imidazole rings is 2. The summed E-state index contributed by atoms with van der Waals surface area (Å²) in [4.78, 5) is 26.2. The Morgan fingerprint density at radius 2 is 1.83 bits per heavy atom. The molecule has 0 aliphatic rings. The summed E-state index contributed by atoms with van der Waals surface area (Å²) < 4.78 is 17.2. The van der Waals surface area contributed by atoms with Crippen molar-refractivity contribution >= 4 is 17.1 Å². The Hall–Kier alpha value is -4.72. The molecule has 1 aromatic carbocycles. The number of Topliss-reactive ketones (excluding diaryl/α,β-unsaturated/α-hetero) is 1. The molecule has 0 fully saturated rings. The van der Waals surface area contributed by atoms with E-state index in [1.807, 2.05) is 47.9 Å². The van der Waals surface area contributed by atoms with Crippen molar-refractivity contribution in [2.24, 2.45) is 0 Å². The van der Waals surface area contributed by atoms with Crippen molar-refractivity contribution in [2.75, 3.05) is 0 Å². The van der Waals surface area contributed by atoms with Gasteiger partial charge in [0.25, 0.3) is 0 Å². The molecule has 0 atom stereocenters. The third kappa shape index (κ3) is 3.85. The largest absolute Gasteiger partial charge is 0.298 e. The molecule has 5 heterocycles. The zero-order valence-corrected chi connectivity index (χ0v) is 18.8. The Bertz CT molecular complexity index is 1720. The second kappa shape index (κ2) is 8.25. The Kier molecular flexibility index (Phi) is 4.92. The Balaban J connectivity index is 1.41. The van der Waals surface area contributed by atoms with Crippen LogP contribution in [0.5, 0.6) is 0 Å². The highest BCUT2D eigenvalue weighted by Gasteiger charge is 2.18. The number of aromatic nitrogens is 6. The van der Waals surface area contributed by atoms with Crippen LogP contribution in [0.2, 0.25) is 0 Å². The molecule has 6 aromatic rings. The molecule has 0 unspecified atom stereocenters. The summed E-state index contributed by atoms with van der Waals surface area (Å²) in [5.74, 6) is -0.333. The first-order valence-corrected chi connectivity index (χ1v) is 11.1. The van der Waals surface area contributed by atoms with Gasteiger partial charge in [0.15, 0.2) is 11.4 Å². The highest BCUT2D eigenvalue weighted by atomic mass is 19.1. The van der Waals surface area contributed by atoms with Gasteiger partial charge in [0.1, 0.15) is 22.9 Å². The molecular formula is C27H19FN6O. The fraction of sp³-hybridized carbons (Fsp3) is 0.0741. The summed E-state index contributed by atoms with van der Waals surface area (Å²) in [5, 5.41) is 4.78. The number of hydrogen-bond acceptors (Lipinski definition) is 5. The standard InChI is InChI=1S/C27H19FN6O/c1-17-14-19(11-12-29-17)23(35)15-21-16-34-25(30-21)10-9-22(32-34)27-26(18-5-7-20(28)8-6-18)31-24-4-2-3-13-33(24)27/h2-14,16H,15H2,1H3. The smallest absolute Gasteiger partial charge is 0.168 e. The first-order valence-electron chi connectivity index (χ1n) is 11.1. The number of nitrogens with zero attached hydrogens (tertiary/aromatic N) is 6. The molecule has 7 nitrogen and oxygen atoms in total. The predicted octanol–water partition coefficient (Wildman–Crippen LogP) is 4.98. The molecule has 5 aromatic heterocycles. The summed E-state index contributed by atoms with van der Waals surface area (Å²) in [6.07, 6.45) is 5.49. The van der Waals surface area contributed by atoms with E-state index in [-0.39, 0.29) is 18.0 Å². The lowest BCUT2D eigenvalue weighted by Crippen LogP contribution is -2.04. The quantitative estimate of drug-likeness (QED) is 0.338. The fourth-order valence-corrected chi connectivity index (χ4v) is 4.18. The van der Waals surface area contributed by atoms with Crippen LogP contribution in [-0.4, -0.2) is 34.7 Å². The van der Waals surface area contributed by atoms with Gasteiger partial charge in [-0.15, -0.1) is 0 Å². The number of benzene rings is 1. The first-order chi connectivity index (χ1) is 17.0. The number of rotatable bonds is 5. The van der Waals surface area contributed by atoms with E-state index in [0.717, 1.165) is 22.6 Å². The zero-order valence-electron chi connectivity index (χ0n) is 18.8. The third-order valence-corrected chi connectivity index (χ3v) is 5.82. The van der Waals surface area contributed by atoms with Gasteiger partial charge in [0.2, 0.25) is 0 Å². The van der Waals surface area contributed by atoms with Crippen molar-refractivity contribution in [3.63, 3.8) is 0 Å². The van der Waals surface area contributed by atoms with Gasteiger partial charge < -0.3 is 0 Å². The van der Waals surface area contributed by atoms with Gasteiger partial charge >= 0.3 is 0 Å². The van der Waals surface area contributed by atoms with E-state index in [4.69, 9.17) is 10.1 Å². The summed E-state index contributed by atoms with van der Waals surface area (Å²) in [6, 6.07) is 19.2. The number of pyridine rings is 2. The molecule has 0 bridgehead atoms. The monoisotopic (exact) mass is 462 g/mol. The maximum Gasteiger partial charge on any atom is 0.168 e. The molecule has 0 aliphatic carbocycles. The predicted molar refractivity (Wildman–Crippen MR) is 130 cm³/mol. The van der Waals surface area contributed by atoms with E-state index in [1.165, 1.54) is 12.1 Å². The molecule has 0 radical (unpaired) electrons. The summed E-state index contributed by atoms with van der Waals surface area (Å²) in [6.45, 7) is 1.85. The minimum Gasteiger partial charge on any atom is -0.298 e. The summed E-state index contributed by atoms with van der Waals surface area (Å²) >= 11 is 0. The molecule has 0 saturated heterocycles. The van der Waals surface area contributed by atoms with Crippen molar-refractivity contribution < 1.29 is 9.18 Å². The maximum absolute atomic E-state index is 13.6. The van der Waals surface area contributed by atoms with Crippen molar-refractivity contribution in [3.05, 3.63) is 108 Å². The van der Waals surface area contributed by atoms with E-state index in [9.17, 15) is 9.18 Å². The first kappa shape index (κ1) is 20.9. The van der Waals surface area contributed by atoms with E-state index in [2.05, 4.69) is 9.97 Å². The zero-order chi connectivity index (χ0) is 23.9. The summed E-state index contributed by atoms with van der Waals surface area (Å²) in [5.41, 5.74) is 6.38. The molecule has 8 heteroatoms. The molecule has 0 aliphatic heterocycles. The lowest BCUT2D eigenvalue weighted by molar-refractivity contribution is 0.0992. The van der Waals surface area contributed by atoms with Crippen molar-refractivity contribution in [2.45, 2.75) is 13.3 Å². The second-order valence-electron chi connectivity index (χ2n) is 8.28. The minimum atomic E-state index is -0.305. The van der Waals surface area contributed by atoms with E-state index < -0.39 is 0 Å². The van der Waals surface area contributed by atoms with Crippen LogP contribution in [0.1, 0.15) is 21.7 Å². The molecule has 0 saturated carbocycles. The van der Waals surface area contributed by atoms with Crippen LogP contribution in [0.15, 0.2) is 85.3 Å². The topological polar surface area (TPSA) is 77.5 Å². The average molecular weight is 462 g/mol. The molecule has 0 N–H and O–H groups in total. The van der Waals surface area contributed by atoms with Crippen LogP contribution in [0.3, 0.4) is 0 Å². The molecular weight excluding hydrogens is 443 g/mol. The molecule has 0 amide bonds. The van der Waals surface area contributed by atoms with Crippen molar-refractivity contribution in [3.8, 4) is 22.6 Å². The summed E-state index contributed by atoms with van der Waals surface area (Å²) in [7, 11) is 0. The van der Waals surface area contributed by atoms with Crippen molar-refractivity contribution in [1.82, 2.24) is 29.0 Å². The Morgan fingerprint density at radius 3 is 2.66 bits per heavy atom. The Morgan fingerprint density at radius 1 is 0.971 bits per heavy atom. The van der Waals surface area contributed by atoms with E-state index in [1.54, 1.807) is 41.2 Å². The molecule has 0 spiro atoms. The van der Waals surface area contributed by atoms with Gasteiger partial charge in [-0.25, -0.2) is 18.9 Å². The van der Waals surface area contributed by atoms with Crippen LogP contribution in [0, 0.1) is 12.7 Å². The number of carbonyl (C=O) groups is 1. The number of hydrogen-bond donors (Lipinski definition) is 0. The normalized spacial score (nSPS) is 11.4. The van der Waals surface area contributed by atoms with Gasteiger partial charge in [-0.1, -0.05) is 6.07 Å². The van der Waals surface area contributed by atoms with Crippen LogP contribution in [0.4, 0.5) is 4.39 Å². The van der Waals surface area contributed by atoms with Gasteiger partial charge in [-0.3, -0.25) is 14.2 Å². The van der Waals surface area contributed by atoms with Gasteiger partial charge in [0, 0.05) is 29.2 Å². The van der Waals surface area contributed by atoms with Crippen LogP contribution >= 0.6 is 0 Å². The highest BCUT2D eigenvalue weighted by Crippen LogP contribution is 2.32. The minimum absolute atomic E-state index is 0.0282. The number of fused-ring (bicyclic) bond motifs is 2.